The number of aliphatic hydroxyl groups is 1. The number of nitrogens with zero attached hydrogens (tertiary/aromatic N) is 8. The van der Waals surface area contributed by atoms with Crippen LogP contribution in [0.1, 0.15) is 65.8 Å². The lowest BCUT2D eigenvalue weighted by Gasteiger charge is -2.38. The second-order valence-electron chi connectivity index (χ2n) is 14.6. The lowest BCUT2D eigenvalue weighted by Crippen LogP contribution is -2.53. The number of hydrogen-bond acceptors (Lipinski definition) is 9. The average molecular weight is 800 g/mol. The Morgan fingerprint density at radius 2 is 1.61 bits per heavy atom. The number of rotatable bonds is 7. The number of nitrogens with one attached hydrogen (secondary N) is 1. The van der Waals surface area contributed by atoms with Gasteiger partial charge >= 0.3 is 12.3 Å². The van der Waals surface area contributed by atoms with Crippen molar-refractivity contribution in [3.8, 4) is 17.1 Å². The van der Waals surface area contributed by atoms with Gasteiger partial charge in [0.25, 0.3) is 11.8 Å². The number of likely N-dealkylation sites (tertiary alicyclic amines) is 1. The fourth-order valence-corrected chi connectivity index (χ4v) is 6.81. The highest BCUT2D eigenvalue weighted by Crippen LogP contribution is 2.37. The van der Waals surface area contributed by atoms with E-state index in [2.05, 4.69) is 20.4 Å². The number of imidazole rings is 1. The minimum Gasteiger partial charge on any atom is -0.444 e. The van der Waals surface area contributed by atoms with E-state index >= 15 is 0 Å². The predicted octanol–water partition coefficient (Wildman–Crippen LogP) is 5.02. The van der Waals surface area contributed by atoms with Gasteiger partial charge in [-0.05, 0) is 63.4 Å². The number of benzene rings is 1. The highest BCUT2D eigenvalue weighted by Gasteiger charge is 2.39. The number of ether oxygens (including phenoxy) is 1. The molecule has 1 aromatic carbocycles. The maximum absolute atomic E-state index is 14.1. The molecular weight excluding hydrogens is 759 g/mol. The van der Waals surface area contributed by atoms with Crippen molar-refractivity contribution < 1.29 is 42.2 Å². The van der Waals surface area contributed by atoms with Gasteiger partial charge < -0.3 is 34.4 Å². The quantitative estimate of drug-likeness (QED) is 0.261. The summed E-state index contributed by atoms with van der Waals surface area (Å²) in [6.45, 7) is 7.25. The van der Waals surface area contributed by atoms with Crippen LogP contribution in [0.2, 0.25) is 5.02 Å². The van der Waals surface area contributed by atoms with Crippen molar-refractivity contribution in [3.63, 3.8) is 0 Å². The summed E-state index contributed by atoms with van der Waals surface area (Å²) >= 11 is 6.51. The molecule has 15 nitrogen and oxygen atoms in total. The number of pyridine rings is 1. The van der Waals surface area contributed by atoms with Crippen LogP contribution in [0.3, 0.4) is 0 Å². The first-order valence-electron chi connectivity index (χ1n) is 17.9. The van der Waals surface area contributed by atoms with Gasteiger partial charge in [0.2, 0.25) is 5.91 Å². The van der Waals surface area contributed by atoms with E-state index in [-0.39, 0.29) is 69.6 Å². The van der Waals surface area contributed by atoms with E-state index in [1.165, 1.54) is 48.1 Å². The Kier molecular flexibility index (Phi) is 11.4. The summed E-state index contributed by atoms with van der Waals surface area (Å²) < 4.78 is 49.9. The molecule has 5 heterocycles. The summed E-state index contributed by atoms with van der Waals surface area (Å²) in [5.74, 6) is -1.44. The Hall–Kier alpha value is -5.49. The molecular formula is C37H41ClF3N9O6. The number of amides is 4. The summed E-state index contributed by atoms with van der Waals surface area (Å²) in [6, 6.07) is 7.25. The minimum absolute atomic E-state index is 0.00259. The molecule has 3 aromatic heterocycles. The molecule has 0 aliphatic carbocycles. The van der Waals surface area contributed by atoms with Gasteiger partial charge in [0.05, 0.1) is 34.6 Å². The van der Waals surface area contributed by atoms with E-state index < -0.39 is 23.4 Å². The van der Waals surface area contributed by atoms with E-state index in [0.717, 1.165) is 17.1 Å². The van der Waals surface area contributed by atoms with Crippen LogP contribution >= 0.6 is 11.6 Å². The number of carbonyl (C=O) groups excluding carboxylic acids is 4. The molecule has 0 radical (unpaired) electrons. The van der Waals surface area contributed by atoms with E-state index in [1.807, 2.05) is 0 Å². The molecule has 4 amide bonds. The zero-order valence-electron chi connectivity index (χ0n) is 31.1. The molecule has 2 aliphatic heterocycles. The Morgan fingerprint density at radius 3 is 2.20 bits per heavy atom. The monoisotopic (exact) mass is 799 g/mol. The van der Waals surface area contributed by atoms with Crippen LogP contribution in [0.25, 0.3) is 17.1 Å². The van der Waals surface area contributed by atoms with Crippen LogP contribution < -0.4 is 5.32 Å². The Balaban J connectivity index is 1.06. The van der Waals surface area contributed by atoms with Crippen LogP contribution in [0.4, 0.5) is 23.7 Å². The van der Waals surface area contributed by atoms with Gasteiger partial charge in [0, 0.05) is 70.3 Å². The summed E-state index contributed by atoms with van der Waals surface area (Å²) in [7, 11) is 1.39. The van der Waals surface area contributed by atoms with Gasteiger partial charge in [-0.2, -0.15) is 18.3 Å². The highest BCUT2D eigenvalue weighted by atomic mass is 35.5. The molecule has 0 saturated carbocycles. The van der Waals surface area contributed by atoms with Crippen molar-refractivity contribution in [2.75, 3.05) is 44.6 Å². The van der Waals surface area contributed by atoms with Gasteiger partial charge in [0.15, 0.2) is 17.3 Å². The largest absolute Gasteiger partial charge is 0.444 e. The predicted molar refractivity (Wildman–Crippen MR) is 197 cm³/mol. The van der Waals surface area contributed by atoms with Crippen molar-refractivity contribution >= 4 is 41.1 Å². The van der Waals surface area contributed by atoms with Crippen LogP contribution in [0.15, 0.2) is 48.9 Å². The molecule has 0 atom stereocenters. The van der Waals surface area contributed by atoms with Gasteiger partial charge in [-0.3, -0.25) is 14.4 Å². The Morgan fingerprint density at radius 1 is 0.929 bits per heavy atom. The molecule has 298 valence electrons. The normalized spacial score (nSPS) is 15.6. The fraction of sp³-hybridized carbons (Fsp3) is 0.432. The number of piperidine rings is 1. The first kappa shape index (κ1) is 40.2. The molecule has 0 unspecified atom stereocenters. The van der Waals surface area contributed by atoms with Crippen molar-refractivity contribution in [3.05, 3.63) is 76.6 Å². The number of carbonyl (C=O) groups is 4. The number of halogens is 4. The first-order chi connectivity index (χ1) is 26.4. The first-order valence-corrected chi connectivity index (χ1v) is 18.2. The van der Waals surface area contributed by atoms with Crippen LogP contribution in [-0.2, 0) is 29.4 Å². The third kappa shape index (κ3) is 8.81. The van der Waals surface area contributed by atoms with E-state index in [4.69, 9.17) is 16.3 Å². The molecule has 0 spiro atoms. The standard InChI is InChI=1S/C37H41ClF3N9O6/c1-36(2,3)56-35(55)49-11-9-23(10-12-49)33(53)47-13-15-48(16-14-47)34(54)25-7-6-24(17-27(25)38)44-32(52)31-43-19-28(46(31)4)26-20-50(45-30(26)37(39,40)41)29-8-5-22(21-51)18-42-29/h5-8,17-20,23,51H,9-16,21H2,1-4H3,(H,44,52). The van der Waals surface area contributed by atoms with Crippen LogP contribution in [0, 0.1) is 5.92 Å². The van der Waals surface area contributed by atoms with Crippen molar-refractivity contribution in [2.24, 2.45) is 13.0 Å². The summed E-state index contributed by atoms with van der Waals surface area (Å²) in [5, 5.41) is 15.7. The van der Waals surface area contributed by atoms with Crippen molar-refractivity contribution in [1.29, 1.82) is 0 Å². The molecule has 2 fully saturated rings. The van der Waals surface area contributed by atoms with E-state index in [0.29, 0.717) is 57.7 Å². The minimum atomic E-state index is -4.84. The molecule has 6 rings (SSSR count). The van der Waals surface area contributed by atoms with Crippen molar-refractivity contribution in [1.82, 2.24) is 39.0 Å². The van der Waals surface area contributed by atoms with Crippen LogP contribution in [-0.4, -0.2) is 113 Å². The lowest BCUT2D eigenvalue weighted by molar-refractivity contribution is -0.141. The molecule has 19 heteroatoms. The van der Waals surface area contributed by atoms with Gasteiger partial charge in [-0.1, -0.05) is 17.7 Å². The van der Waals surface area contributed by atoms with Gasteiger partial charge in [0.1, 0.15) is 5.60 Å². The van der Waals surface area contributed by atoms with Crippen LogP contribution in [0.5, 0.6) is 0 Å². The highest BCUT2D eigenvalue weighted by molar-refractivity contribution is 6.34. The second kappa shape index (κ2) is 15.9. The third-order valence-electron chi connectivity index (χ3n) is 9.51. The number of aliphatic hydroxyl groups excluding tert-OH is 1. The van der Waals surface area contributed by atoms with Gasteiger partial charge in [-0.25, -0.2) is 19.4 Å². The Labute approximate surface area is 325 Å². The fourth-order valence-electron chi connectivity index (χ4n) is 6.55. The Bertz CT molecular complexity index is 2110. The smallest absolute Gasteiger partial charge is 0.435 e. The van der Waals surface area contributed by atoms with E-state index in [1.54, 1.807) is 35.5 Å². The summed E-state index contributed by atoms with van der Waals surface area (Å²) in [5.41, 5.74) is -1.31. The number of piperazine rings is 1. The molecule has 2 aliphatic rings. The number of alkyl halides is 3. The maximum Gasteiger partial charge on any atom is 0.435 e. The second-order valence-corrected chi connectivity index (χ2v) is 15.0. The average Bonchev–Trinajstić information content (AvgIpc) is 3.78. The molecule has 0 bridgehead atoms. The summed E-state index contributed by atoms with van der Waals surface area (Å²) in [4.78, 5) is 65.5. The number of anilines is 1. The lowest BCUT2D eigenvalue weighted by atomic mass is 9.95. The zero-order valence-corrected chi connectivity index (χ0v) is 31.9. The number of hydrogen-bond donors (Lipinski definition) is 2. The number of aromatic nitrogens is 5. The SMILES string of the molecule is Cn1c(-c2cn(-c3ccc(CO)cn3)nc2C(F)(F)F)cnc1C(=O)Nc1ccc(C(=O)N2CCN(C(=O)C3CCN(C(=O)OC(C)(C)C)CC3)CC2)c(Cl)c1. The zero-order chi connectivity index (χ0) is 40.5. The molecule has 2 saturated heterocycles. The third-order valence-corrected chi connectivity index (χ3v) is 9.82. The summed E-state index contributed by atoms with van der Waals surface area (Å²) in [6.07, 6.45) is -0.590. The topological polar surface area (TPSA) is 168 Å². The molecule has 56 heavy (non-hydrogen) atoms. The molecule has 4 aromatic rings. The molecule has 2 N–H and O–H groups in total. The maximum atomic E-state index is 14.1. The van der Waals surface area contributed by atoms with E-state index in [9.17, 15) is 37.5 Å². The van der Waals surface area contributed by atoms with Gasteiger partial charge in [-0.15, -0.1) is 0 Å². The van der Waals surface area contributed by atoms with Crippen molar-refractivity contribution in [2.45, 2.75) is 52.0 Å².